The van der Waals surface area contributed by atoms with Gasteiger partial charge in [0.15, 0.2) is 5.16 Å². The predicted octanol–water partition coefficient (Wildman–Crippen LogP) is 1.08. The number of aromatic hydroxyl groups is 1. The lowest BCUT2D eigenvalue weighted by atomic mass is 10.7. The largest absolute Gasteiger partial charge is 0.493 e. The predicted molar refractivity (Wildman–Crippen MR) is 52.8 cm³/mol. The molecule has 0 aliphatic carbocycles. The molecular weight excluding hydrogens is 222 g/mol. The zero-order valence-electron chi connectivity index (χ0n) is 6.80. The number of rotatable bonds is 2. The molecule has 0 saturated heterocycles. The van der Waals surface area contributed by atoms with Gasteiger partial charge in [-0.15, -0.1) is 0 Å². The number of hydrogen-bond acceptors (Lipinski definition) is 6. The maximum absolute atomic E-state index is 10.9. The number of aromatic nitrogens is 3. The zero-order valence-corrected chi connectivity index (χ0v) is 8.43. The van der Waals surface area contributed by atoms with Crippen LogP contribution in [0.1, 0.15) is 0 Å². The van der Waals surface area contributed by atoms with E-state index in [-0.39, 0.29) is 10.8 Å². The molecule has 0 unspecified atom stereocenters. The summed E-state index contributed by atoms with van der Waals surface area (Å²) >= 11 is 2.08. The average Bonchev–Trinajstić information content (AvgIpc) is 2.47. The van der Waals surface area contributed by atoms with Gasteiger partial charge in [-0.2, -0.15) is 0 Å². The molecular formula is C7H5N3O2S2. The minimum Gasteiger partial charge on any atom is -0.493 e. The van der Waals surface area contributed by atoms with Crippen molar-refractivity contribution < 1.29 is 5.11 Å². The zero-order chi connectivity index (χ0) is 9.97. The van der Waals surface area contributed by atoms with E-state index in [4.69, 9.17) is 0 Å². The van der Waals surface area contributed by atoms with Gasteiger partial charge in [-0.3, -0.25) is 9.78 Å². The molecule has 0 aliphatic heterocycles. The van der Waals surface area contributed by atoms with E-state index in [1.165, 1.54) is 0 Å². The third-order valence-corrected chi connectivity index (χ3v) is 3.26. The molecule has 2 aromatic rings. The molecule has 2 N–H and O–H groups in total. The van der Waals surface area contributed by atoms with Crippen molar-refractivity contribution >= 4 is 23.1 Å². The third-order valence-electron chi connectivity index (χ3n) is 1.33. The van der Waals surface area contributed by atoms with Crippen LogP contribution in [0.25, 0.3) is 0 Å². The van der Waals surface area contributed by atoms with Crippen molar-refractivity contribution in [2.75, 3.05) is 0 Å². The highest BCUT2D eigenvalue weighted by Crippen LogP contribution is 2.32. The summed E-state index contributed by atoms with van der Waals surface area (Å²) in [4.78, 5) is 20.7. The maximum atomic E-state index is 10.9. The summed E-state index contributed by atoms with van der Waals surface area (Å²) in [6.45, 7) is 0. The number of nitrogens with one attached hydrogen (secondary N) is 1. The molecule has 0 fully saturated rings. The van der Waals surface area contributed by atoms with Crippen LogP contribution in [0.5, 0.6) is 5.88 Å². The van der Waals surface area contributed by atoms with Gasteiger partial charge in [-0.25, -0.2) is 9.97 Å². The molecule has 14 heavy (non-hydrogen) atoms. The van der Waals surface area contributed by atoms with Crippen LogP contribution in [0.15, 0.2) is 32.6 Å². The van der Waals surface area contributed by atoms with E-state index in [0.29, 0.717) is 9.37 Å². The van der Waals surface area contributed by atoms with E-state index >= 15 is 0 Å². The molecule has 2 heterocycles. The van der Waals surface area contributed by atoms with Crippen LogP contribution < -0.4 is 4.87 Å². The van der Waals surface area contributed by atoms with Gasteiger partial charge in [0.05, 0.1) is 0 Å². The second kappa shape index (κ2) is 3.81. The van der Waals surface area contributed by atoms with E-state index in [1.807, 2.05) is 0 Å². The minimum absolute atomic E-state index is 0.127. The van der Waals surface area contributed by atoms with Crippen molar-refractivity contribution in [2.24, 2.45) is 0 Å². The average molecular weight is 227 g/mol. The van der Waals surface area contributed by atoms with Crippen molar-refractivity contribution in [2.45, 2.75) is 9.37 Å². The quantitative estimate of drug-likeness (QED) is 0.751. The number of aromatic amines is 1. The Hall–Kier alpha value is -1.34. The van der Waals surface area contributed by atoms with Crippen LogP contribution in [0.3, 0.4) is 0 Å². The number of hydrogen-bond donors (Lipinski definition) is 2. The molecule has 0 amide bonds. The van der Waals surface area contributed by atoms with Crippen LogP contribution in [0.2, 0.25) is 0 Å². The van der Waals surface area contributed by atoms with E-state index in [0.717, 1.165) is 23.1 Å². The standard InChI is InChI=1S/C7H5N3O2S2/c11-4-5(14-7(12)10-4)13-6-8-2-1-3-9-6/h1-3,11H,(H,10,12). The summed E-state index contributed by atoms with van der Waals surface area (Å²) in [7, 11) is 0. The van der Waals surface area contributed by atoms with Crippen LogP contribution in [-0.4, -0.2) is 20.1 Å². The maximum Gasteiger partial charge on any atom is 0.308 e. The van der Waals surface area contributed by atoms with E-state index in [2.05, 4.69) is 15.0 Å². The summed E-state index contributed by atoms with van der Waals surface area (Å²) in [5, 5.41) is 9.77. The van der Waals surface area contributed by atoms with Gasteiger partial charge >= 0.3 is 4.87 Å². The molecule has 0 bridgehead atoms. The fourth-order valence-corrected chi connectivity index (χ4v) is 2.42. The first-order valence-corrected chi connectivity index (χ1v) is 5.26. The molecule has 2 rings (SSSR count). The van der Waals surface area contributed by atoms with E-state index < -0.39 is 0 Å². The summed E-state index contributed by atoms with van der Waals surface area (Å²) in [6.07, 6.45) is 3.20. The molecule has 7 heteroatoms. The summed E-state index contributed by atoms with van der Waals surface area (Å²) in [5.74, 6) is -0.127. The Morgan fingerprint density at radius 1 is 1.43 bits per heavy atom. The Kier molecular flexibility index (Phi) is 2.51. The fourth-order valence-electron chi connectivity index (χ4n) is 0.796. The third kappa shape index (κ3) is 1.94. The lowest BCUT2D eigenvalue weighted by molar-refractivity contribution is 0.445. The number of thiazole rings is 1. The highest BCUT2D eigenvalue weighted by molar-refractivity contribution is 8.01. The Morgan fingerprint density at radius 3 is 2.71 bits per heavy atom. The van der Waals surface area contributed by atoms with Gasteiger partial charge in [-0.1, -0.05) is 11.3 Å². The van der Waals surface area contributed by atoms with E-state index in [9.17, 15) is 9.90 Å². The normalized spacial score (nSPS) is 10.3. The van der Waals surface area contributed by atoms with Crippen LogP contribution >= 0.6 is 23.1 Å². The molecule has 0 radical (unpaired) electrons. The van der Waals surface area contributed by atoms with Gasteiger partial charge in [0, 0.05) is 12.4 Å². The number of H-pyrrole nitrogens is 1. The fraction of sp³-hybridized carbons (Fsp3) is 0. The summed E-state index contributed by atoms with van der Waals surface area (Å²) in [5.41, 5.74) is 0. The van der Waals surface area contributed by atoms with Crippen molar-refractivity contribution in [1.82, 2.24) is 15.0 Å². The monoisotopic (exact) mass is 227 g/mol. The van der Waals surface area contributed by atoms with E-state index in [1.54, 1.807) is 18.5 Å². The van der Waals surface area contributed by atoms with Gasteiger partial charge < -0.3 is 5.11 Å². The van der Waals surface area contributed by atoms with Gasteiger partial charge in [0.2, 0.25) is 5.88 Å². The summed E-state index contributed by atoms with van der Waals surface area (Å²) in [6, 6.07) is 1.70. The van der Waals surface area contributed by atoms with Crippen LogP contribution in [0, 0.1) is 0 Å². The molecule has 0 spiro atoms. The van der Waals surface area contributed by atoms with Crippen molar-refractivity contribution in [3.63, 3.8) is 0 Å². The van der Waals surface area contributed by atoms with Crippen molar-refractivity contribution in [3.8, 4) is 5.88 Å². The molecule has 72 valence electrons. The first kappa shape index (κ1) is 9.22. The lowest BCUT2D eigenvalue weighted by Gasteiger charge is -1.94. The molecule has 0 aliphatic rings. The second-order valence-electron chi connectivity index (χ2n) is 2.28. The van der Waals surface area contributed by atoms with Gasteiger partial charge in [-0.05, 0) is 17.8 Å². The van der Waals surface area contributed by atoms with Crippen LogP contribution in [0.4, 0.5) is 0 Å². The summed E-state index contributed by atoms with van der Waals surface area (Å²) < 4.78 is 0.473. The molecule has 0 aromatic carbocycles. The Labute approximate surface area is 86.9 Å². The molecule has 2 aromatic heterocycles. The van der Waals surface area contributed by atoms with Gasteiger partial charge in [0.1, 0.15) is 4.21 Å². The van der Waals surface area contributed by atoms with Crippen molar-refractivity contribution in [1.29, 1.82) is 0 Å². The Morgan fingerprint density at radius 2 is 2.14 bits per heavy atom. The molecule has 5 nitrogen and oxygen atoms in total. The second-order valence-corrected chi connectivity index (χ2v) is 4.50. The topological polar surface area (TPSA) is 78.9 Å². The first-order chi connectivity index (χ1) is 6.75. The van der Waals surface area contributed by atoms with Crippen LogP contribution in [-0.2, 0) is 0 Å². The highest BCUT2D eigenvalue weighted by Gasteiger charge is 2.09. The molecule has 0 saturated carbocycles. The highest BCUT2D eigenvalue weighted by atomic mass is 32.2. The first-order valence-electron chi connectivity index (χ1n) is 3.62. The Bertz CT molecular complexity index is 479. The molecule has 0 atom stereocenters. The SMILES string of the molecule is O=c1[nH]c(O)c(Sc2ncccn2)s1. The number of nitrogens with zero attached hydrogens (tertiary/aromatic N) is 2. The minimum atomic E-state index is -0.291. The van der Waals surface area contributed by atoms with Crippen molar-refractivity contribution in [3.05, 3.63) is 28.1 Å². The van der Waals surface area contributed by atoms with Gasteiger partial charge in [0.25, 0.3) is 0 Å². The Balaban J connectivity index is 2.27. The lowest BCUT2D eigenvalue weighted by Crippen LogP contribution is -1.89. The smallest absolute Gasteiger partial charge is 0.308 e.